The predicted octanol–water partition coefficient (Wildman–Crippen LogP) is 2.94. The van der Waals surface area contributed by atoms with Crippen LogP contribution in [0.15, 0.2) is 30.5 Å². The minimum atomic E-state index is 0.0728. The van der Waals surface area contributed by atoms with Gasteiger partial charge < -0.3 is 10.1 Å². The minimum Gasteiger partial charge on any atom is -0.493 e. The molecule has 20 heavy (non-hydrogen) atoms. The molecule has 0 amide bonds. The number of aromatic nitrogens is 1. The number of fused-ring (bicyclic) bond motifs is 1. The number of nitrogens with one attached hydrogen (secondary N) is 1. The molecule has 0 saturated carbocycles. The van der Waals surface area contributed by atoms with Crippen molar-refractivity contribution in [3.05, 3.63) is 58.4 Å². The molecule has 1 aliphatic rings. The molecule has 2 aromatic rings. The molecular weight excluding hydrogens is 248 g/mol. The lowest BCUT2D eigenvalue weighted by molar-refractivity contribution is 0.351. The van der Waals surface area contributed by atoms with Crippen LogP contribution in [0, 0.1) is 13.8 Å². The van der Waals surface area contributed by atoms with Crippen LogP contribution in [0.1, 0.15) is 34.0 Å². The normalized spacial score (nSPS) is 14.8. The Hall–Kier alpha value is -1.87. The number of aryl methyl sites for hydroxylation is 2. The fourth-order valence-corrected chi connectivity index (χ4v) is 2.94. The van der Waals surface area contributed by atoms with Crippen LogP contribution >= 0.6 is 0 Å². The van der Waals surface area contributed by atoms with Crippen molar-refractivity contribution in [2.45, 2.75) is 26.3 Å². The summed E-state index contributed by atoms with van der Waals surface area (Å²) in [5.41, 5.74) is 5.95. The molecule has 3 heteroatoms. The zero-order valence-corrected chi connectivity index (χ0v) is 12.2. The van der Waals surface area contributed by atoms with E-state index < -0.39 is 0 Å². The molecule has 0 bridgehead atoms. The van der Waals surface area contributed by atoms with E-state index in [4.69, 9.17) is 4.74 Å². The highest BCUT2D eigenvalue weighted by atomic mass is 16.5. The molecule has 0 fully saturated rings. The number of para-hydroxylation sites is 1. The zero-order chi connectivity index (χ0) is 14.1. The van der Waals surface area contributed by atoms with Crippen LogP contribution in [-0.4, -0.2) is 18.6 Å². The second kappa shape index (κ2) is 5.25. The van der Waals surface area contributed by atoms with Crippen molar-refractivity contribution in [2.75, 3.05) is 13.7 Å². The second-order valence-corrected chi connectivity index (χ2v) is 5.37. The van der Waals surface area contributed by atoms with Gasteiger partial charge in [-0.25, -0.2) is 0 Å². The Labute approximate surface area is 120 Å². The molecule has 1 aromatic heterocycles. The van der Waals surface area contributed by atoms with Crippen LogP contribution in [0.25, 0.3) is 0 Å². The predicted molar refractivity (Wildman–Crippen MR) is 80.3 cm³/mol. The Morgan fingerprint density at radius 2 is 2.15 bits per heavy atom. The summed E-state index contributed by atoms with van der Waals surface area (Å²) in [6.45, 7) is 4.97. The molecule has 1 aromatic carbocycles. The first-order valence-electron chi connectivity index (χ1n) is 7.05. The van der Waals surface area contributed by atoms with Crippen molar-refractivity contribution in [1.29, 1.82) is 0 Å². The number of hydrogen-bond donors (Lipinski definition) is 1. The van der Waals surface area contributed by atoms with Crippen molar-refractivity contribution in [1.82, 2.24) is 10.3 Å². The first-order valence-corrected chi connectivity index (χ1v) is 7.05. The van der Waals surface area contributed by atoms with Crippen molar-refractivity contribution in [3.63, 3.8) is 0 Å². The third-order valence-electron chi connectivity index (χ3n) is 3.87. The SMILES string of the molecule is CNC(c1cccc2c1OCC2)c1ncc(C)cc1C. The van der Waals surface area contributed by atoms with Gasteiger partial charge in [0, 0.05) is 18.2 Å². The highest BCUT2D eigenvalue weighted by molar-refractivity contribution is 5.48. The summed E-state index contributed by atoms with van der Waals surface area (Å²) in [5, 5.41) is 3.38. The second-order valence-electron chi connectivity index (χ2n) is 5.37. The fourth-order valence-electron chi connectivity index (χ4n) is 2.94. The minimum absolute atomic E-state index is 0.0728. The maximum Gasteiger partial charge on any atom is 0.127 e. The van der Waals surface area contributed by atoms with Crippen molar-refractivity contribution < 1.29 is 4.74 Å². The van der Waals surface area contributed by atoms with E-state index in [1.807, 2.05) is 13.2 Å². The lowest BCUT2D eigenvalue weighted by Gasteiger charge is -2.20. The van der Waals surface area contributed by atoms with Gasteiger partial charge in [-0.05, 0) is 37.6 Å². The first-order chi connectivity index (χ1) is 9.70. The number of ether oxygens (including phenoxy) is 1. The molecule has 1 aliphatic heterocycles. The van der Waals surface area contributed by atoms with E-state index in [2.05, 4.69) is 48.4 Å². The first kappa shape index (κ1) is 13.1. The Bertz CT molecular complexity index is 637. The van der Waals surface area contributed by atoms with E-state index in [-0.39, 0.29) is 6.04 Å². The topological polar surface area (TPSA) is 34.1 Å². The van der Waals surface area contributed by atoms with Gasteiger partial charge in [0.15, 0.2) is 0 Å². The van der Waals surface area contributed by atoms with Gasteiger partial charge in [0.25, 0.3) is 0 Å². The Balaban J connectivity index is 2.09. The summed E-state index contributed by atoms with van der Waals surface area (Å²) in [6.07, 6.45) is 2.93. The Morgan fingerprint density at radius 1 is 1.30 bits per heavy atom. The van der Waals surface area contributed by atoms with Crippen LogP contribution in [-0.2, 0) is 6.42 Å². The average molecular weight is 268 g/mol. The highest BCUT2D eigenvalue weighted by Gasteiger charge is 2.24. The largest absolute Gasteiger partial charge is 0.493 e. The number of nitrogens with zero attached hydrogens (tertiary/aromatic N) is 1. The van der Waals surface area contributed by atoms with Crippen molar-refractivity contribution in [2.24, 2.45) is 0 Å². The molecule has 3 rings (SSSR count). The number of hydrogen-bond acceptors (Lipinski definition) is 3. The maximum atomic E-state index is 5.83. The van der Waals surface area contributed by atoms with Crippen LogP contribution in [0.3, 0.4) is 0 Å². The van der Waals surface area contributed by atoms with E-state index >= 15 is 0 Å². The van der Waals surface area contributed by atoms with Crippen molar-refractivity contribution >= 4 is 0 Å². The zero-order valence-electron chi connectivity index (χ0n) is 12.2. The van der Waals surface area contributed by atoms with Gasteiger partial charge in [-0.3, -0.25) is 4.98 Å². The van der Waals surface area contributed by atoms with Gasteiger partial charge in [0.1, 0.15) is 5.75 Å². The standard InChI is InChI=1S/C17H20N2O/c1-11-9-12(2)15(19-10-11)16(18-3)14-6-4-5-13-7-8-20-17(13)14/h4-6,9-10,16,18H,7-8H2,1-3H3. The summed E-state index contributed by atoms with van der Waals surface area (Å²) in [4.78, 5) is 4.63. The summed E-state index contributed by atoms with van der Waals surface area (Å²) in [5.74, 6) is 1.04. The van der Waals surface area contributed by atoms with E-state index in [0.29, 0.717) is 0 Å². The lowest BCUT2D eigenvalue weighted by atomic mass is 9.96. The van der Waals surface area contributed by atoms with Crippen LogP contribution in [0.5, 0.6) is 5.75 Å². The number of pyridine rings is 1. The molecule has 1 atom stereocenters. The molecular formula is C17H20N2O. The van der Waals surface area contributed by atoms with E-state index in [9.17, 15) is 0 Å². The van der Waals surface area contributed by atoms with Gasteiger partial charge in [-0.2, -0.15) is 0 Å². The third kappa shape index (κ3) is 2.18. The molecule has 1 unspecified atom stereocenters. The Morgan fingerprint density at radius 3 is 2.90 bits per heavy atom. The summed E-state index contributed by atoms with van der Waals surface area (Å²) in [6, 6.07) is 8.64. The quantitative estimate of drug-likeness (QED) is 0.929. The average Bonchev–Trinajstić information content (AvgIpc) is 2.91. The fraction of sp³-hybridized carbons (Fsp3) is 0.353. The number of benzene rings is 1. The highest BCUT2D eigenvalue weighted by Crippen LogP contribution is 2.36. The van der Waals surface area contributed by atoms with Gasteiger partial charge in [-0.15, -0.1) is 0 Å². The van der Waals surface area contributed by atoms with Gasteiger partial charge in [-0.1, -0.05) is 24.3 Å². The lowest BCUT2D eigenvalue weighted by Crippen LogP contribution is -2.20. The Kier molecular flexibility index (Phi) is 3.45. The molecule has 0 radical (unpaired) electrons. The van der Waals surface area contributed by atoms with E-state index in [0.717, 1.165) is 24.5 Å². The molecule has 2 heterocycles. The maximum absolute atomic E-state index is 5.83. The van der Waals surface area contributed by atoms with E-state index in [1.54, 1.807) is 0 Å². The van der Waals surface area contributed by atoms with Gasteiger partial charge >= 0.3 is 0 Å². The molecule has 0 spiro atoms. The molecule has 104 valence electrons. The summed E-state index contributed by atoms with van der Waals surface area (Å²) in [7, 11) is 1.97. The monoisotopic (exact) mass is 268 g/mol. The van der Waals surface area contributed by atoms with Gasteiger partial charge in [0.2, 0.25) is 0 Å². The molecule has 3 nitrogen and oxygen atoms in total. The number of rotatable bonds is 3. The van der Waals surface area contributed by atoms with Crippen molar-refractivity contribution in [3.8, 4) is 5.75 Å². The van der Waals surface area contributed by atoms with Gasteiger partial charge in [0.05, 0.1) is 18.3 Å². The van der Waals surface area contributed by atoms with Crippen LogP contribution in [0.2, 0.25) is 0 Å². The summed E-state index contributed by atoms with van der Waals surface area (Å²) < 4.78 is 5.83. The van der Waals surface area contributed by atoms with E-state index in [1.165, 1.54) is 22.3 Å². The summed E-state index contributed by atoms with van der Waals surface area (Å²) >= 11 is 0. The van der Waals surface area contributed by atoms with Crippen LogP contribution < -0.4 is 10.1 Å². The smallest absolute Gasteiger partial charge is 0.127 e. The molecule has 0 aliphatic carbocycles. The molecule has 0 saturated heterocycles. The molecule has 1 N–H and O–H groups in total. The third-order valence-corrected chi connectivity index (χ3v) is 3.87. The van der Waals surface area contributed by atoms with Crippen LogP contribution in [0.4, 0.5) is 0 Å².